The van der Waals surface area contributed by atoms with Gasteiger partial charge in [-0.3, -0.25) is 9.59 Å². The van der Waals surface area contributed by atoms with Gasteiger partial charge in [-0.1, -0.05) is 26.8 Å². The summed E-state index contributed by atoms with van der Waals surface area (Å²) in [5.41, 5.74) is 0.621. The van der Waals surface area contributed by atoms with Crippen molar-refractivity contribution in [3.8, 4) is 0 Å². The second-order valence-corrected chi connectivity index (χ2v) is 10.5. The molecule has 28 heavy (non-hydrogen) atoms. The zero-order chi connectivity index (χ0) is 19.9. The molecule has 1 N–H and O–H groups in total. The van der Waals surface area contributed by atoms with Crippen molar-refractivity contribution in [3.63, 3.8) is 0 Å². The molecule has 0 aromatic carbocycles. The molecule has 0 radical (unpaired) electrons. The first-order chi connectivity index (χ1) is 13.3. The maximum absolute atomic E-state index is 13.0. The van der Waals surface area contributed by atoms with Crippen LogP contribution in [0, 0.1) is 5.41 Å². The summed E-state index contributed by atoms with van der Waals surface area (Å²) in [6.07, 6.45) is 4.32. The van der Waals surface area contributed by atoms with Gasteiger partial charge in [0, 0.05) is 15.2 Å². The van der Waals surface area contributed by atoms with Crippen LogP contribution in [0.25, 0.3) is 10.2 Å². The highest BCUT2D eigenvalue weighted by atomic mass is 32.1. The molecule has 3 heterocycles. The van der Waals surface area contributed by atoms with Crippen LogP contribution in [0.3, 0.4) is 0 Å². The number of nitrogens with zero attached hydrogens (tertiary/aromatic N) is 2. The molecule has 0 spiro atoms. The smallest absolute Gasteiger partial charge is 0.259 e. The van der Waals surface area contributed by atoms with E-state index in [0.717, 1.165) is 34.4 Å². The maximum Gasteiger partial charge on any atom is 0.259 e. The molecule has 0 unspecified atom stereocenters. The van der Waals surface area contributed by atoms with Crippen molar-refractivity contribution in [3.05, 3.63) is 49.0 Å². The highest BCUT2D eigenvalue weighted by molar-refractivity contribution is 7.18. The predicted molar refractivity (Wildman–Crippen MR) is 115 cm³/mol. The van der Waals surface area contributed by atoms with Crippen molar-refractivity contribution < 1.29 is 4.79 Å². The number of carbonyl (C=O) groups is 1. The van der Waals surface area contributed by atoms with E-state index in [4.69, 9.17) is 4.98 Å². The molecular weight excluding hydrogens is 390 g/mol. The van der Waals surface area contributed by atoms with Gasteiger partial charge in [0.2, 0.25) is 5.91 Å². The predicted octanol–water partition coefficient (Wildman–Crippen LogP) is 4.50. The summed E-state index contributed by atoms with van der Waals surface area (Å²) in [4.78, 5) is 38.6. The van der Waals surface area contributed by atoms with Gasteiger partial charge in [0.25, 0.3) is 5.56 Å². The van der Waals surface area contributed by atoms with E-state index in [9.17, 15) is 9.59 Å². The van der Waals surface area contributed by atoms with Crippen LogP contribution in [0.15, 0.2) is 22.3 Å². The van der Waals surface area contributed by atoms with Crippen LogP contribution in [0.5, 0.6) is 0 Å². The summed E-state index contributed by atoms with van der Waals surface area (Å²) >= 11 is 3.27. The number of aromatic amines is 1. The van der Waals surface area contributed by atoms with Gasteiger partial charge in [-0.05, 0) is 42.7 Å². The minimum Gasteiger partial charge on any atom is -0.330 e. The average molecular weight is 416 g/mol. The van der Waals surface area contributed by atoms with Crippen LogP contribution >= 0.6 is 22.7 Å². The third kappa shape index (κ3) is 3.78. The number of thiophene rings is 2. The number of fused-ring (bicyclic) bond motifs is 3. The molecule has 3 aromatic heterocycles. The van der Waals surface area contributed by atoms with Gasteiger partial charge in [0.05, 0.1) is 18.5 Å². The van der Waals surface area contributed by atoms with E-state index in [0.29, 0.717) is 18.9 Å². The topological polar surface area (TPSA) is 66.1 Å². The molecule has 0 aliphatic heterocycles. The Morgan fingerprint density at radius 2 is 2.04 bits per heavy atom. The Balaban J connectivity index is 1.68. The second kappa shape index (κ2) is 7.44. The number of H-pyrrole nitrogens is 1. The lowest BCUT2D eigenvalue weighted by atomic mass is 9.94. The third-order valence-corrected chi connectivity index (χ3v) is 7.12. The molecular formula is C21H25N3O2S2. The normalized spacial score (nSPS) is 14.2. The van der Waals surface area contributed by atoms with E-state index < -0.39 is 5.41 Å². The molecule has 0 fully saturated rings. The van der Waals surface area contributed by atoms with Crippen LogP contribution in [0.4, 0.5) is 0 Å². The SMILES string of the molecule is CC(C)(C)C(=O)N(Cc1nc2sc3c(c2c(=O)[nH]1)CCCC3)Cc1cccs1. The fourth-order valence-electron chi connectivity index (χ4n) is 3.73. The number of aryl methyl sites for hydroxylation is 2. The number of amides is 1. The van der Waals surface area contributed by atoms with Crippen molar-refractivity contribution in [2.75, 3.05) is 0 Å². The zero-order valence-electron chi connectivity index (χ0n) is 16.5. The molecule has 0 saturated carbocycles. The van der Waals surface area contributed by atoms with Gasteiger partial charge >= 0.3 is 0 Å². The fourth-order valence-corrected chi connectivity index (χ4v) is 5.73. The highest BCUT2D eigenvalue weighted by Gasteiger charge is 2.28. The third-order valence-electron chi connectivity index (χ3n) is 5.07. The minimum atomic E-state index is -0.496. The number of aromatic nitrogens is 2. The van der Waals surface area contributed by atoms with Gasteiger partial charge < -0.3 is 9.88 Å². The number of nitrogens with one attached hydrogen (secondary N) is 1. The van der Waals surface area contributed by atoms with E-state index in [2.05, 4.69) is 4.98 Å². The lowest BCUT2D eigenvalue weighted by Crippen LogP contribution is -2.39. The summed E-state index contributed by atoms with van der Waals surface area (Å²) < 4.78 is 0. The molecule has 0 atom stereocenters. The van der Waals surface area contributed by atoms with Gasteiger partial charge in [-0.25, -0.2) is 4.98 Å². The molecule has 1 aliphatic carbocycles. The first kappa shape index (κ1) is 19.3. The van der Waals surface area contributed by atoms with Crippen LogP contribution in [-0.2, 0) is 30.7 Å². The molecule has 1 aliphatic rings. The summed E-state index contributed by atoms with van der Waals surface area (Å²) in [5, 5.41) is 2.77. The Kier molecular flexibility index (Phi) is 5.14. The van der Waals surface area contributed by atoms with Gasteiger partial charge in [0.15, 0.2) is 0 Å². The molecule has 3 aromatic rings. The number of rotatable bonds is 4. The van der Waals surface area contributed by atoms with E-state index in [1.807, 2.05) is 38.3 Å². The minimum absolute atomic E-state index is 0.0501. The largest absolute Gasteiger partial charge is 0.330 e. The summed E-state index contributed by atoms with van der Waals surface area (Å²) in [5.74, 6) is 0.611. The van der Waals surface area contributed by atoms with E-state index in [1.165, 1.54) is 16.9 Å². The van der Waals surface area contributed by atoms with E-state index in [1.54, 1.807) is 27.6 Å². The van der Waals surface area contributed by atoms with Crippen molar-refractivity contribution in [1.29, 1.82) is 0 Å². The van der Waals surface area contributed by atoms with Crippen LogP contribution in [0.1, 0.15) is 54.8 Å². The Labute approximate surface area is 172 Å². The molecule has 0 saturated heterocycles. The van der Waals surface area contributed by atoms with E-state index >= 15 is 0 Å². The summed E-state index contributed by atoms with van der Waals surface area (Å²) in [6, 6.07) is 4.02. The van der Waals surface area contributed by atoms with Crippen molar-refractivity contribution >= 4 is 38.8 Å². The van der Waals surface area contributed by atoms with Crippen LogP contribution in [0.2, 0.25) is 0 Å². The lowest BCUT2D eigenvalue weighted by Gasteiger charge is -2.28. The lowest BCUT2D eigenvalue weighted by molar-refractivity contribution is -0.140. The molecule has 0 bridgehead atoms. The van der Waals surface area contributed by atoms with E-state index in [-0.39, 0.29) is 11.5 Å². The second-order valence-electron chi connectivity index (χ2n) is 8.39. The van der Waals surface area contributed by atoms with Crippen molar-refractivity contribution in [1.82, 2.24) is 14.9 Å². The quantitative estimate of drug-likeness (QED) is 0.682. The Hall–Kier alpha value is -1.99. The summed E-state index contributed by atoms with van der Waals surface area (Å²) in [7, 11) is 0. The Morgan fingerprint density at radius 1 is 1.25 bits per heavy atom. The molecule has 4 rings (SSSR count). The average Bonchev–Trinajstić information content (AvgIpc) is 3.26. The van der Waals surface area contributed by atoms with Crippen LogP contribution in [-0.4, -0.2) is 20.8 Å². The summed E-state index contributed by atoms with van der Waals surface area (Å²) in [6.45, 7) is 6.59. The van der Waals surface area contributed by atoms with Gasteiger partial charge in [0.1, 0.15) is 10.7 Å². The Bertz CT molecular complexity index is 1060. The van der Waals surface area contributed by atoms with Crippen LogP contribution < -0.4 is 5.56 Å². The van der Waals surface area contributed by atoms with Crippen molar-refractivity contribution in [2.24, 2.45) is 5.41 Å². The van der Waals surface area contributed by atoms with Gasteiger partial charge in [-0.15, -0.1) is 22.7 Å². The first-order valence-electron chi connectivity index (χ1n) is 9.68. The monoisotopic (exact) mass is 415 g/mol. The zero-order valence-corrected chi connectivity index (χ0v) is 18.1. The maximum atomic E-state index is 13.0. The Morgan fingerprint density at radius 3 is 2.75 bits per heavy atom. The molecule has 7 heteroatoms. The van der Waals surface area contributed by atoms with Gasteiger partial charge in [-0.2, -0.15) is 0 Å². The molecule has 148 valence electrons. The molecule has 5 nitrogen and oxygen atoms in total. The van der Waals surface area contributed by atoms with Crippen molar-refractivity contribution in [2.45, 2.75) is 59.5 Å². The number of carbonyl (C=O) groups excluding carboxylic acids is 1. The highest BCUT2D eigenvalue weighted by Crippen LogP contribution is 2.33. The first-order valence-corrected chi connectivity index (χ1v) is 11.4. The molecule has 1 amide bonds. The number of hydrogen-bond acceptors (Lipinski definition) is 5. The fraction of sp³-hybridized carbons (Fsp3) is 0.476. The number of hydrogen-bond donors (Lipinski definition) is 1. The standard InChI is InChI=1S/C21H25N3O2S2/c1-21(2,3)20(26)24(11-13-7-6-10-27-13)12-16-22-18(25)17-14-8-4-5-9-15(14)28-19(17)23-16/h6-7,10H,4-5,8-9,11-12H2,1-3H3,(H,22,23,25).